The van der Waals surface area contributed by atoms with E-state index in [4.69, 9.17) is 0 Å². The van der Waals surface area contributed by atoms with Crippen molar-refractivity contribution in [2.45, 2.75) is 0 Å². The molecule has 0 amide bonds. The van der Waals surface area contributed by atoms with Crippen LogP contribution in [0.15, 0.2) is 237 Å². The Morgan fingerprint density at radius 3 is 1.30 bits per heavy atom. The van der Waals surface area contributed by atoms with Crippen molar-refractivity contribution < 1.29 is 0 Å². The summed E-state index contributed by atoms with van der Waals surface area (Å²) in [6.07, 6.45) is 0. The Labute approximate surface area is 353 Å². The van der Waals surface area contributed by atoms with Gasteiger partial charge in [0.25, 0.3) is 0 Å². The molecule has 4 heteroatoms. The molecule has 10 aromatic rings. The average Bonchev–Trinajstić information content (AvgIpc) is 3.66. The van der Waals surface area contributed by atoms with Crippen LogP contribution in [0.3, 0.4) is 0 Å². The van der Waals surface area contributed by atoms with Crippen molar-refractivity contribution in [1.29, 1.82) is 0 Å². The van der Waals surface area contributed by atoms with Crippen LogP contribution in [-0.4, -0.2) is 14.1 Å². The molecule has 0 unspecified atom stereocenters. The third kappa shape index (κ3) is 6.40. The topological polar surface area (TPSA) is 11.4 Å². The predicted molar refractivity (Wildman–Crippen MR) is 257 cm³/mol. The molecule has 1 aromatic heterocycles. The van der Waals surface area contributed by atoms with Crippen molar-refractivity contribution in [3.8, 4) is 39.1 Å². The maximum Gasteiger partial charge on any atom is 0.122 e. The number of aromatic nitrogens is 1. The average molecular weight is 784 g/mol. The number of hydrogen-bond acceptors (Lipinski definition) is 2. The summed E-state index contributed by atoms with van der Waals surface area (Å²) in [5.74, 6) is 1.26. The van der Waals surface area contributed by atoms with E-state index in [-0.39, 0.29) is 0 Å². The molecule has 0 radical (unpaired) electrons. The molecule has 1 aliphatic rings. The van der Waals surface area contributed by atoms with Crippen molar-refractivity contribution in [3.63, 3.8) is 0 Å². The van der Waals surface area contributed by atoms with Crippen LogP contribution in [0.25, 0.3) is 50.0 Å². The predicted octanol–water partition coefficient (Wildman–Crippen LogP) is 13.0. The lowest BCUT2D eigenvalue weighted by molar-refractivity contribution is 1.08. The van der Waals surface area contributed by atoms with Gasteiger partial charge in [-0.05, 0) is 117 Å². The summed E-state index contributed by atoms with van der Waals surface area (Å²) in [6, 6.07) is 85.8. The summed E-state index contributed by atoms with van der Waals surface area (Å²) in [4.78, 5) is 4.86. The van der Waals surface area contributed by atoms with Crippen LogP contribution >= 0.6 is 0 Å². The third-order valence-corrected chi connectivity index (χ3v) is 13.8. The Bertz CT molecular complexity index is 2990. The van der Waals surface area contributed by atoms with E-state index in [0.717, 1.165) is 22.7 Å². The van der Waals surface area contributed by atoms with Crippen molar-refractivity contribution in [2.75, 3.05) is 9.80 Å². The first-order valence-corrected chi connectivity index (χ1v) is 22.1. The largest absolute Gasteiger partial charge is 0.311 e. The zero-order valence-electron chi connectivity index (χ0n) is 33.1. The molecule has 1 aliphatic heterocycles. The van der Waals surface area contributed by atoms with Crippen molar-refractivity contribution in [2.24, 2.45) is 0 Å². The molecule has 0 spiro atoms. The molecule has 0 saturated heterocycles. The van der Waals surface area contributed by atoms with Gasteiger partial charge in [-0.1, -0.05) is 164 Å². The van der Waals surface area contributed by atoms with Crippen molar-refractivity contribution in [1.82, 2.24) is 4.57 Å². The standard InChI is InChI=1S/C56H41N3Si/c1-5-15-40(16-6-1)42-25-32-48(33-26-42)57(49-34-27-43(28-35-49)41-17-7-2-8-18-41)50-36-29-44(30-37-50)45-31-38-54-53(39-45)59(47-21-11-4-12-22-47)56-55(60-54)51-23-13-14-24-52(51)58(56)46-19-9-3-10-20-46/h1-39H,60H2. The second-order valence-corrected chi connectivity index (χ2v) is 17.2. The van der Waals surface area contributed by atoms with Gasteiger partial charge in [-0.25, -0.2) is 0 Å². The van der Waals surface area contributed by atoms with E-state index in [1.54, 1.807) is 0 Å². The Morgan fingerprint density at radius 2 is 0.767 bits per heavy atom. The van der Waals surface area contributed by atoms with E-state index in [0.29, 0.717) is 0 Å². The lowest BCUT2D eigenvalue weighted by atomic mass is 10.0. The molecule has 2 heterocycles. The zero-order valence-corrected chi connectivity index (χ0v) is 34.5. The number of fused-ring (bicyclic) bond motifs is 4. The molecule has 0 aliphatic carbocycles. The number of nitrogens with zero attached hydrogens (tertiary/aromatic N) is 3. The molecule has 60 heavy (non-hydrogen) atoms. The van der Waals surface area contributed by atoms with Crippen molar-refractivity contribution in [3.05, 3.63) is 237 Å². The van der Waals surface area contributed by atoms with Crippen molar-refractivity contribution >= 4 is 65.1 Å². The van der Waals surface area contributed by atoms with E-state index in [1.165, 1.54) is 71.8 Å². The Morgan fingerprint density at radius 1 is 0.350 bits per heavy atom. The number of rotatable bonds is 8. The van der Waals surface area contributed by atoms with Crippen LogP contribution in [0.5, 0.6) is 0 Å². The Hall–Kier alpha value is -7.66. The van der Waals surface area contributed by atoms with Gasteiger partial charge < -0.3 is 4.90 Å². The van der Waals surface area contributed by atoms with Gasteiger partial charge in [0.1, 0.15) is 5.82 Å². The summed E-state index contributed by atoms with van der Waals surface area (Å²) in [6.45, 7) is 0. The Kier molecular flexibility index (Phi) is 9.03. The van der Waals surface area contributed by atoms with E-state index < -0.39 is 9.52 Å². The van der Waals surface area contributed by atoms with Crippen LogP contribution in [0.2, 0.25) is 0 Å². The first kappa shape index (κ1) is 35.5. The molecule has 0 N–H and O–H groups in total. The number of hydrogen-bond donors (Lipinski definition) is 0. The van der Waals surface area contributed by atoms with Crippen LogP contribution in [0.1, 0.15) is 0 Å². The molecule has 0 fully saturated rings. The van der Waals surface area contributed by atoms with Crippen LogP contribution in [-0.2, 0) is 0 Å². The fourth-order valence-electron chi connectivity index (χ4n) is 8.90. The highest BCUT2D eigenvalue weighted by Gasteiger charge is 2.31. The Balaban J connectivity index is 0.995. The summed E-state index contributed by atoms with van der Waals surface area (Å²) < 4.78 is 2.47. The first-order valence-electron chi connectivity index (χ1n) is 20.6. The highest BCUT2D eigenvalue weighted by atomic mass is 28.2. The van der Waals surface area contributed by atoms with E-state index in [9.17, 15) is 0 Å². The normalized spacial score (nSPS) is 12.3. The zero-order chi connectivity index (χ0) is 39.8. The molecule has 0 saturated carbocycles. The van der Waals surface area contributed by atoms with Gasteiger partial charge in [-0.2, -0.15) is 0 Å². The molecular formula is C56H41N3Si. The smallest absolute Gasteiger partial charge is 0.122 e. The fourth-order valence-corrected chi connectivity index (χ4v) is 10.9. The van der Waals surface area contributed by atoms with Gasteiger partial charge >= 0.3 is 0 Å². The number of anilines is 6. The van der Waals surface area contributed by atoms with Gasteiger partial charge in [-0.15, -0.1) is 0 Å². The highest BCUT2D eigenvalue weighted by Crippen LogP contribution is 2.42. The quantitative estimate of drug-likeness (QED) is 0.142. The second-order valence-electron chi connectivity index (χ2n) is 15.4. The molecule has 284 valence electrons. The fraction of sp³-hybridized carbons (Fsp3) is 0. The van der Waals surface area contributed by atoms with E-state index in [2.05, 4.69) is 251 Å². The van der Waals surface area contributed by atoms with E-state index in [1.807, 2.05) is 0 Å². The maximum atomic E-state index is 2.51. The van der Waals surface area contributed by atoms with Crippen LogP contribution in [0.4, 0.5) is 34.3 Å². The van der Waals surface area contributed by atoms with Crippen LogP contribution < -0.4 is 20.2 Å². The second kappa shape index (κ2) is 15.3. The minimum Gasteiger partial charge on any atom is -0.311 e. The molecular weight excluding hydrogens is 743 g/mol. The molecule has 3 nitrogen and oxygen atoms in total. The lowest BCUT2D eigenvalue weighted by Gasteiger charge is -2.34. The summed E-state index contributed by atoms with van der Waals surface area (Å²) >= 11 is 0. The van der Waals surface area contributed by atoms with Gasteiger partial charge in [-0.3, -0.25) is 9.47 Å². The SMILES string of the molecule is c1ccc(-c2ccc(N(c3ccc(-c4ccccc4)cc3)c3ccc(-c4ccc5c(c4)N(c4ccccc4)c4c(c6ccccc6n4-c4ccccc4)[SiH2]5)cc3)cc2)cc1. The van der Waals surface area contributed by atoms with Gasteiger partial charge in [0.05, 0.1) is 15.0 Å². The van der Waals surface area contributed by atoms with Gasteiger partial charge in [0, 0.05) is 39.5 Å². The summed E-state index contributed by atoms with van der Waals surface area (Å²) in [5.41, 5.74) is 15.4. The van der Waals surface area contributed by atoms with Gasteiger partial charge in [0.2, 0.25) is 0 Å². The minimum atomic E-state index is -0.820. The monoisotopic (exact) mass is 783 g/mol. The maximum absolute atomic E-state index is 2.51. The molecule has 0 atom stereocenters. The van der Waals surface area contributed by atoms with Gasteiger partial charge in [0.15, 0.2) is 0 Å². The molecule has 9 aromatic carbocycles. The summed E-state index contributed by atoms with van der Waals surface area (Å²) in [7, 11) is -0.820. The molecule has 11 rings (SSSR count). The molecule has 0 bridgehead atoms. The van der Waals surface area contributed by atoms with Crippen LogP contribution in [0, 0.1) is 0 Å². The number of benzene rings is 9. The highest BCUT2D eigenvalue weighted by molar-refractivity contribution is 6.74. The third-order valence-electron chi connectivity index (χ3n) is 11.8. The summed E-state index contributed by atoms with van der Waals surface area (Å²) in [5, 5.41) is 4.28. The minimum absolute atomic E-state index is 0.820. The number of para-hydroxylation sites is 3. The lowest BCUT2D eigenvalue weighted by Crippen LogP contribution is -2.40. The van der Waals surface area contributed by atoms with E-state index >= 15 is 0 Å². The first-order chi connectivity index (χ1) is 29.8.